The molecule has 1 aliphatic heterocycles. The Bertz CT molecular complexity index is 1470. The molecule has 3 aromatic rings. The Morgan fingerprint density at radius 1 is 1.19 bits per heavy atom. The predicted octanol–water partition coefficient (Wildman–Crippen LogP) is 3.73. The molecule has 2 unspecified atom stereocenters. The first-order valence-electron chi connectivity index (χ1n) is 11.0. The summed E-state index contributed by atoms with van der Waals surface area (Å²) in [4.78, 5) is 31.1. The van der Waals surface area contributed by atoms with Crippen LogP contribution in [0.5, 0.6) is 0 Å². The van der Waals surface area contributed by atoms with Crippen LogP contribution in [0.25, 0.3) is 10.4 Å². The Morgan fingerprint density at radius 3 is 2.62 bits per heavy atom. The van der Waals surface area contributed by atoms with E-state index in [1.165, 1.54) is 30.5 Å². The molecule has 0 aliphatic carbocycles. The summed E-state index contributed by atoms with van der Waals surface area (Å²) in [7, 11) is -2.91. The maximum Gasteiger partial charge on any atom is 0.280 e. The summed E-state index contributed by atoms with van der Waals surface area (Å²) < 4.78 is 41.8. The van der Waals surface area contributed by atoms with Crippen LogP contribution in [0.4, 0.5) is 10.1 Å². The van der Waals surface area contributed by atoms with E-state index < -0.39 is 39.9 Å². The Labute approximate surface area is 227 Å². The summed E-state index contributed by atoms with van der Waals surface area (Å²) in [6.45, 7) is 1.90. The van der Waals surface area contributed by atoms with Crippen molar-refractivity contribution < 1.29 is 22.4 Å². The number of likely N-dealkylation sites (N-methyl/N-ethyl adjacent to an activating group) is 1. The van der Waals surface area contributed by atoms with Crippen LogP contribution in [0.2, 0.25) is 10.0 Å². The van der Waals surface area contributed by atoms with Crippen molar-refractivity contribution in [3.63, 3.8) is 0 Å². The molecule has 2 heterocycles. The third-order valence-corrected chi connectivity index (χ3v) is 9.15. The molecule has 0 spiro atoms. The molecule has 2 atom stereocenters. The Morgan fingerprint density at radius 2 is 1.92 bits per heavy atom. The summed E-state index contributed by atoms with van der Waals surface area (Å²) in [6.07, 6.45) is -0.135. The zero-order valence-corrected chi connectivity index (χ0v) is 22.7. The molecule has 2 aromatic carbocycles. The van der Waals surface area contributed by atoms with Crippen LogP contribution < -0.4 is 15.4 Å². The number of anilines is 1. The number of carbonyl (C=O) groups excluding carboxylic acids is 2. The molecule has 9 nitrogen and oxygen atoms in total. The third-order valence-electron chi connectivity index (χ3n) is 5.75. The topological polar surface area (TPSA) is 120 Å². The Balaban J connectivity index is 1.44. The number of amides is 2. The number of aryl methyl sites for hydroxylation is 1. The maximum absolute atomic E-state index is 13.4. The molecule has 1 saturated heterocycles. The zero-order valence-electron chi connectivity index (χ0n) is 19.6. The van der Waals surface area contributed by atoms with E-state index in [1.54, 1.807) is 6.07 Å². The molecule has 0 saturated carbocycles. The highest BCUT2D eigenvalue weighted by atomic mass is 35.5. The average molecular weight is 586 g/mol. The maximum atomic E-state index is 13.4. The largest absolute Gasteiger partial charge is 0.348 e. The van der Waals surface area contributed by atoms with Crippen LogP contribution in [-0.4, -0.2) is 48.7 Å². The van der Waals surface area contributed by atoms with Gasteiger partial charge in [-0.2, -0.15) is 17.4 Å². The van der Waals surface area contributed by atoms with Crippen molar-refractivity contribution in [3.05, 3.63) is 69.0 Å². The van der Waals surface area contributed by atoms with E-state index in [0.29, 0.717) is 10.0 Å². The molecular formula is C23H22Cl2FN5O4S2. The van der Waals surface area contributed by atoms with Gasteiger partial charge in [-0.1, -0.05) is 41.4 Å². The molecule has 37 heavy (non-hydrogen) atoms. The van der Waals surface area contributed by atoms with Gasteiger partial charge in [-0.3, -0.25) is 9.59 Å². The van der Waals surface area contributed by atoms with Gasteiger partial charge >= 0.3 is 0 Å². The molecule has 2 amide bonds. The SMILES string of the molecule is Cc1nc(CNC(=O)C2CC(C(=O)Nc3ccc(F)c(Cl)c3)N(C)S(=O)(=O)N2)sc1-c1ccccc1Cl. The van der Waals surface area contributed by atoms with Crippen LogP contribution >= 0.6 is 34.5 Å². The number of nitrogens with one attached hydrogen (secondary N) is 3. The summed E-state index contributed by atoms with van der Waals surface area (Å²) in [5.74, 6) is -1.95. The summed E-state index contributed by atoms with van der Waals surface area (Å²) in [5.41, 5.74) is 1.77. The minimum absolute atomic E-state index is 0.0633. The van der Waals surface area contributed by atoms with Crippen LogP contribution in [0.1, 0.15) is 17.1 Å². The van der Waals surface area contributed by atoms with Gasteiger partial charge in [0.1, 0.15) is 22.9 Å². The Hall–Kier alpha value is -2.61. The molecule has 1 fully saturated rings. The van der Waals surface area contributed by atoms with Crippen LogP contribution in [0, 0.1) is 12.7 Å². The van der Waals surface area contributed by atoms with E-state index in [0.717, 1.165) is 26.5 Å². The number of rotatable bonds is 6. The number of hydrogen-bond acceptors (Lipinski definition) is 6. The van der Waals surface area contributed by atoms with Gasteiger partial charge in [0.25, 0.3) is 10.2 Å². The molecule has 196 valence electrons. The average Bonchev–Trinajstić information content (AvgIpc) is 3.21. The van der Waals surface area contributed by atoms with Crippen molar-refractivity contribution in [1.29, 1.82) is 0 Å². The quantitative estimate of drug-likeness (QED) is 0.407. The summed E-state index contributed by atoms with van der Waals surface area (Å²) in [5, 5.41) is 6.20. The standard InChI is InChI=1S/C23H22Cl2FN5O4S2/c1-12-21(14-5-3-4-6-15(14)24)36-20(28-12)11-27-22(32)18-10-19(31(2)37(34,35)30-18)23(33)29-13-7-8-17(26)16(25)9-13/h3-9,18-19,30H,10-11H2,1-2H3,(H,27,32)(H,29,33). The fraction of sp³-hybridized carbons (Fsp3) is 0.261. The van der Waals surface area contributed by atoms with Gasteiger partial charge in [0.15, 0.2) is 0 Å². The lowest BCUT2D eigenvalue weighted by molar-refractivity contribution is -0.124. The number of thiazole rings is 1. The second-order valence-electron chi connectivity index (χ2n) is 8.28. The van der Waals surface area contributed by atoms with Crippen molar-refractivity contribution >= 4 is 62.2 Å². The molecule has 3 N–H and O–H groups in total. The smallest absolute Gasteiger partial charge is 0.280 e. The first kappa shape index (κ1) is 27.4. The number of aromatic nitrogens is 1. The van der Waals surface area contributed by atoms with E-state index in [4.69, 9.17) is 23.2 Å². The van der Waals surface area contributed by atoms with E-state index in [9.17, 15) is 22.4 Å². The molecule has 1 aliphatic rings. The van der Waals surface area contributed by atoms with Gasteiger partial charge in [0, 0.05) is 23.3 Å². The van der Waals surface area contributed by atoms with Gasteiger partial charge in [-0.25, -0.2) is 9.37 Å². The minimum atomic E-state index is -4.14. The third kappa shape index (κ3) is 6.11. The molecule has 4 rings (SSSR count). The first-order valence-corrected chi connectivity index (χ1v) is 14.0. The van der Waals surface area contributed by atoms with Crippen LogP contribution in [-0.2, 0) is 26.3 Å². The van der Waals surface area contributed by atoms with Gasteiger partial charge in [0.2, 0.25) is 11.8 Å². The summed E-state index contributed by atoms with van der Waals surface area (Å²) >= 11 is 13.4. The van der Waals surface area contributed by atoms with E-state index in [2.05, 4.69) is 20.3 Å². The number of hydrogen-bond donors (Lipinski definition) is 3. The highest BCUT2D eigenvalue weighted by Crippen LogP contribution is 2.34. The monoisotopic (exact) mass is 585 g/mol. The number of benzene rings is 2. The molecular weight excluding hydrogens is 564 g/mol. The second-order valence-corrected chi connectivity index (χ2v) is 11.9. The zero-order chi connectivity index (χ0) is 26.9. The van der Waals surface area contributed by atoms with E-state index in [-0.39, 0.29) is 23.7 Å². The highest BCUT2D eigenvalue weighted by molar-refractivity contribution is 7.87. The van der Waals surface area contributed by atoms with Gasteiger partial charge in [-0.15, -0.1) is 11.3 Å². The fourth-order valence-corrected chi connectivity index (χ4v) is 6.55. The van der Waals surface area contributed by atoms with E-state index >= 15 is 0 Å². The number of carbonyl (C=O) groups is 2. The second kappa shape index (κ2) is 11.0. The lowest BCUT2D eigenvalue weighted by Crippen LogP contribution is -2.62. The van der Waals surface area contributed by atoms with Gasteiger partial charge < -0.3 is 10.6 Å². The molecule has 14 heteroatoms. The van der Waals surface area contributed by atoms with Crippen molar-refractivity contribution in [2.45, 2.75) is 32.0 Å². The molecule has 1 aromatic heterocycles. The van der Waals surface area contributed by atoms with Gasteiger partial charge in [0.05, 0.1) is 22.1 Å². The lowest BCUT2D eigenvalue weighted by Gasteiger charge is -2.35. The van der Waals surface area contributed by atoms with E-state index in [1.807, 2.05) is 25.1 Å². The van der Waals surface area contributed by atoms with Crippen LogP contribution in [0.15, 0.2) is 42.5 Å². The van der Waals surface area contributed by atoms with Gasteiger partial charge in [-0.05, 0) is 37.6 Å². The normalized spacial score (nSPS) is 19.4. The molecule has 0 radical (unpaired) electrons. The summed E-state index contributed by atoms with van der Waals surface area (Å²) in [6, 6.07) is 8.55. The fourth-order valence-electron chi connectivity index (χ4n) is 3.79. The van der Waals surface area contributed by atoms with Crippen molar-refractivity contribution in [1.82, 2.24) is 19.3 Å². The first-order chi connectivity index (χ1) is 17.5. The van der Waals surface area contributed by atoms with Crippen molar-refractivity contribution in [2.75, 3.05) is 12.4 Å². The Kier molecular flexibility index (Phi) is 8.17. The van der Waals surface area contributed by atoms with Crippen molar-refractivity contribution in [2.24, 2.45) is 0 Å². The minimum Gasteiger partial charge on any atom is -0.348 e. The number of halogens is 3. The van der Waals surface area contributed by atoms with Crippen LogP contribution in [0.3, 0.4) is 0 Å². The molecule has 0 bridgehead atoms. The number of nitrogens with zero attached hydrogens (tertiary/aromatic N) is 2. The lowest BCUT2D eigenvalue weighted by atomic mass is 10.1. The highest BCUT2D eigenvalue weighted by Gasteiger charge is 2.42. The van der Waals surface area contributed by atoms with Crippen molar-refractivity contribution in [3.8, 4) is 10.4 Å². The predicted molar refractivity (Wildman–Crippen MR) is 141 cm³/mol.